The summed E-state index contributed by atoms with van der Waals surface area (Å²) in [6.45, 7) is 5.14. The van der Waals surface area contributed by atoms with Crippen molar-refractivity contribution in [1.29, 1.82) is 5.26 Å². The number of ether oxygens (including phenoxy) is 1. The Kier molecular flexibility index (Phi) is 6.40. The minimum absolute atomic E-state index is 0.0974. The fraction of sp³-hybridized carbons (Fsp3) is 0.579. The second-order valence-electron chi connectivity index (χ2n) is 6.71. The summed E-state index contributed by atoms with van der Waals surface area (Å²) in [7, 11) is 0. The molecule has 6 nitrogen and oxygen atoms in total. The molecule has 0 unspecified atom stereocenters. The van der Waals surface area contributed by atoms with E-state index in [-0.39, 0.29) is 18.0 Å². The molecule has 1 amide bonds. The van der Waals surface area contributed by atoms with Crippen LogP contribution in [0.5, 0.6) is 0 Å². The van der Waals surface area contributed by atoms with Gasteiger partial charge in [-0.1, -0.05) is 30.3 Å². The molecule has 1 atom stereocenters. The van der Waals surface area contributed by atoms with Crippen molar-refractivity contribution in [3.63, 3.8) is 0 Å². The third kappa shape index (κ3) is 5.02. The average molecular weight is 342 g/mol. The van der Waals surface area contributed by atoms with Gasteiger partial charge in [0, 0.05) is 45.4 Å². The number of nitrogens with zero attached hydrogens (tertiary/aromatic N) is 3. The topological polar surface area (TPSA) is 68.6 Å². The molecule has 134 valence electrons. The summed E-state index contributed by atoms with van der Waals surface area (Å²) < 4.78 is 5.32. The van der Waals surface area contributed by atoms with Crippen LogP contribution in [0.4, 0.5) is 0 Å². The SMILES string of the molecule is N#C[C@H](c1ccccc1)N1CCN(CC(=O)NC2CCOCC2)CC1. The Morgan fingerprint density at radius 1 is 1.20 bits per heavy atom. The van der Waals surface area contributed by atoms with Crippen molar-refractivity contribution < 1.29 is 9.53 Å². The zero-order chi connectivity index (χ0) is 17.5. The van der Waals surface area contributed by atoms with Gasteiger partial charge < -0.3 is 10.1 Å². The van der Waals surface area contributed by atoms with E-state index in [4.69, 9.17) is 4.74 Å². The normalized spacial score (nSPS) is 21.4. The molecular formula is C19H26N4O2. The minimum atomic E-state index is -0.209. The van der Waals surface area contributed by atoms with E-state index in [0.29, 0.717) is 6.54 Å². The van der Waals surface area contributed by atoms with Crippen molar-refractivity contribution in [3.05, 3.63) is 35.9 Å². The number of benzene rings is 1. The number of carbonyl (C=O) groups is 1. The van der Waals surface area contributed by atoms with Gasteiger partial charge in [0.05, 0.1) is 12.6 Å². The number of rotatable bonds is 5. The number of nitrogens with one attached hydrogen (secondary N) is 1. The van der Waals surface area contributed by atoms with Crippen molar-refractivity contribution in [2.45, 2.75) is 24.9 Å². The van der Waals surface area contributed by atoms with Crippen LogP contribution in [0.1, 0.15) is 24.4 Å². The van der Waals surface area contributed by atoms with Crippen LogP contribution < -0.4 is 5.32 Å². The highest BCUT2D eigenvalue weighted by Gasteiger charge is 2.26. The predicted molar refractivity (Wildman–Crippen MR) is 94.8 cm³/mol. The van der Waals surface area contributed by atoms with Gasteiger partial charge in [-0.2, -0.15) is 5.26 Å². The van der Waals surface area contributed by atoms with Crippen molar-refractivity contribution >= 4 is 5.91 Å². The third-order valence-electron chi connectivity index (χ3n) is 4.96. The lowest BCUT2D eigenvalue weighted by Crippen LogP contribution is -2.51. The highest BCUT2D eigenvalue weighted by molar-refractivity contribution is 5.78. The molecule has 0 aliphatic carbocycles. The number of hydrogen-bond acceptors (Lipinski definition) is 5. The quantitative estimate of drug-likeness (QED) is 0.870. The van der Waals surface area contributed by atoms with E-state index in [1.807, 2.05) is 30.3 Å². The largest absolute Gasteiger partial charge is 0.381 e. The number of carbonyl (C=O) groups excluding carboxylic acids is 1. The predicted octanol–water partition coefficient (Wildman–Crippen LogP) is 1.16. The summed E-state index contributed by atoms with van der Waals surface area (Å²) in [5, 5.41) is 12.7. The molecule has 0 saturated carbocycles. The monoisotopic (exact) mass is 342 g/mol. The molecule has 2 aliphatic heterocycles. The van der Waals surface area contributed by atoms with Gasteiger partial charge in [-0.15, -0.1) is 0 Å². The summed E-state index contributed by atoms with van der Waals surface area (Å²) in [5.74, 6) is 0.0974. The summed E-state index contributed by atoms with van der Waals surface area (Å²) in [5.41, 5.74) is 1.04. The Labute approximate surface area is 149 Å². The minimum Gasteiger partial charge on any atom is -0.381 e. The van der Waals surface area contributed by atoms with Crippen molar-refractivity contribution in [2.24, 2.45) is 0 Å². The van der Waals surface area contributed by atoms with Crippen LogP contribution in [0.25, 0.3) is 0 Å². The molecule has 0 spiro atoms. The fourth-order valence-corrected chi connectivity index (χ4v) is 3.50. The lowest BCUT2D eigenvalue weighted by atomic mass is 10.1. The molecule has 0 radical (unpaired) electrons. The lowest BCUT2D eigenvalue weighted by molar-refractivity contribution is -0.124. The first kappa shape index (κ1) is 17.9. The van der Waals surface area contributed by atoms with Gasteiger partial charge >= 0.3 is 0 Å². The van der Waals surface area contributed by atoms with Gasteiger partial charge in [0.25, 0.3) is 0 Å². The van der Waals surface area contributed by atoms with Crippen LogP contribution in [-0.4, -0.2) is 67.7 Å². The standard InChI is InChI=1S/C19H26N4O2/c20-14-18(16-4-2-1-3-5-16)23-10-8-22(9-11-23)15-19(24)21-17-6-12-25-13-7-17/h1-5,17-18H,6-13,15H2,(H,21,24)/t18-/m1/s1. The Bertz CT molecular complexity index is 587. The summed E-state index contributed by atoms with van der Waals surface area (Å²) in [6.07, 6.45) is 1.81. The Morgan fingerprint density at radius 3 is 2.52 bits per heavy atom. The molecule has 1 N–H and O–H groups in total. The summed E-state index contributed by atoms with van der Waals surface area (Å²) in [4.78, 5) is 16.6. The second-order valence-corrected chi connectivity index (χ2v) is 6.71. The maximum Gasteiger partial charge on any atom is 0.234 e. The maximum atomic E-state index is 12.2. The summed E-state index contributed by atoms with van der Waals surface area (Å²) >= 11 is 0. The molecule has 2 fully saturated rings. The third-order valence-corrected chi connectivity index (χ3v) is 4.96. The lowest BCUT2D eigenvalue weighted by Gasteiger charge is -2.37. The molecule has 2 heterocycles. The smallest absolute Gasteiger partial charge is 0.234 e. The molecule has 25 heavy (non-hydrogen) atoms. The molecule has 1 aromatic rings. The van der Waals surface area contributed by atoms with E-state index < -0.39 is 0 Å². The van der Waals surface area contributed by atoms with Crippen molar-refractivity contribution in [1.82, 2.24) is 15.1 Å². The molecular weight excluding hydrogens is 316 g/mol. The molecule has 0 aromatic heterocycles. The molecule has 6 heteroatoms. The molecule has 2 aliphatic rings. The highest BCUT2D eigenvalue weighted by atomic mass is 16.5. The van der Waals surface area contributed by atoms with E-state index in [9.17, 15) is 10.1 Å². The van der Waals surface area contributed by atoms with Gasteiger partial charge in [0.2, 0.25) is 5.91 Å². The van der Waals surface area contributed by atoms with Crippen molar-refractivity contribution in [2.75, 3.05) is 45.9 Å². The first-order valence-corrected chi connectivity index (χ1v) is 9.04. The number of nitriles is 1. The van der Waals surface area contributed by atoms with Crippen LogP contribution in [0.15, 0.2) is 30.3 Å². The zero-order valence-corrected chi connectivity index (χ0v) is 14.6. The van der Waals surface area contributed by atoms with E-state index in [1.165, 1.54) is 0 Å². The Balaban J connectivity index is 1.45. The first-order chi connectivity index (χ1) is 12.3. The second kappa shape index (κ2) is 8.95. The summed E-state index contributed by atoms with van der Waals surface area (Å²) in [6, 6.07) is 12.4. The Hall–Kier alpha value is -1.94. The number of piperazine rings is 1. The first-order valence-electron chi connectivity index (χ1n) is 9.04. The van der Waals surface area contributed by atoms with Gasteiger partial charge in [0.1, 0.15) is 6.04 Å². The van der Waals surface area contributed by atoms with Crippen LogP contribution in [0, 0.1) is 11.3 Å². The molecule has 0 bridgehead atoms. The van der Waals surface area contributed by atoms with Gasteiger partial charge in [0.15, 0.2) is 0 Å². The van der Waals surface area contributed by atoms with Crippen LogP contribution in [0.3, 0.4) is 0 Å². The number of hydrogen-bond donors (Lipinski definition) is 1. The van der Waals surface area contributed by atoms with Crippen molar-refractivity contribution in [3.8, 4) is 6.07 Å². The molecule has 3 rings (SSSR count). The van der Waals surface area contributed by atoms with Crippen LogP contribution in [-0.2, 0) is 9.53 Å². The Morgan fingerprint density at radius 2 is 1.88 bits per heavy atom. The van der Waals surface area contributed by atoms with E-state index in [2.05, 4.69) is 21.2 Å². The van der Waals surface area contributed by atoms with Gasteiger partial charge in [-0.3, -0.25) is 14.6 Å². The van der Waals surface area contributed by atoms with Crippen LogP contribution >= 0.6 is 0 Å². The maximum absolute atomic E-state index is 12.2. The number of amides is 1. The van der Waals surface area contributed by atoms with Crippen LogP contribution in [0.2, 0.25) is 0 Å². The zero-order valence-electron chi connectivity index (χ0n) is 14.6. The molecule has 2 saturated heterocycles. The van der Waals surface area contributed by atoms with Gasteiger partial charge in [-0.05, 0) is 18.4 Å². The van der Waals surface area contributed by atoms with E-state index in [1.54, 1.807) is 0 Å². The van der Waals surface area contributed by atoms with E-state index in [0.717, 1.165) is 57.8 Å². The highest BCUT2D eigenvalue weighted by Crippen LogP contribution is 2.21. The van der Waals surface area contributed by atoms with Gasteiger partial charge in [-0.25, -0.2) is 0 Å². The average Bonchev–Trinajstić information content (AvgIpc) is 2.65. The fourth-order valence-electron chi connectivity index (χ4n) is 3.50. The van der Waals surface area contributed by atoms with E-state index >= 15 is 0 Å². The molecule has 1 aromatic carbocycles.